The van der Waals surface area contributed by atoms with E-state index in [0.717, 1.165) is 0 Å². The van der Waals surface area contributed by atoms with E-state index in [0.29, 0.717) is 16.3 Å². The zero-order chi connectivity index (χ0) is 12.3. The lowest BCUT2D eigenvalue weighted by molar-refractivity contribution is 0.0889. The van der Waals surface area contributed by atoms with E-state index in [9.17, 15) is 4.79 Å². The molecule has 3 nitrogen and oxygen atoms in total. The van der Waals surface area contributed by atoms with Crippen molar-refractivity contribution in [2.45, 2.75) is 19.4 Å². The number of likely N-dealkylation sites (N-methyl/N-ethyl adjacent to an activating group) is 1. The number of rotatable bonds is 4. The van der Waals surface area contributed by atoms with Crippen LogP contribution in [0.4, 0.5) is 0 Å². The third-order valence-corrected chi connectivity index (χ3v) is 2.92. The molecule has 0 aromatic heterocycles. The number of ether oxygens (including phenoxy) is 1. The summed E-state index contributed by atoms with van der Waals surface area (Å²) in [6.45, 7) is 3.66. The Morgan fingerprint density at radius 3 is 2.56 bits per heavy atom. The van der Waals surface area contributed by atoms with E-state index < -0.39 is 5.54 Å². The van der Waals surface area contributed by atoms with Crippen molar-refractivity contribution < 1.29 is 9.53 Å². The first kappa shape index (κ1) is 13.0. The standard InChI is InChI=1S/C12H16ClNO2/c1-12(2,14-3)11(15)8-5-6-9(13)10(7-8)16-4/h5-7,14H,1-4H3. The summed E-state index contributed by atoms with van der Waals surface area (Å²) in [5.74, 6) is 0.518. The topological polar surface area (TPSA) is 38.3 Å². The van der Waals surface area contributed by atoms with Gasteiger partial charge in [0.25, 0.3) is 0 Å². The summed E-state index contributed by atoms with van der Waals surface area (Å²) in [4.78, 5) is 12.1. The number of carbonyl (C=O) groups excluding carboxylic acids is 1. The molecular weight excluding hydrogens is 226 g/mol. The first-order valence-corrected chi connectivity index (χ1v) is 5.37. The molecule has 88 valence electrons. The number of carbonyl (C=O) groups is 1. The molecule has 1 aromatic rings. The minimum absolute atomic E-state index is 0.00460. The predicted octanol–water partition coefficient (Wildman–Crippen LogP) is 2.53. The summed E-state index contributed by atoms with van der Waals surface area (Å²) in [5.41, 5.74) is -0.0145. The molecule has 0 aliphatic heterocycles. The molecule has 0 fully saturated rings. The Hall–Kier alpha value is -1.06. The minimum atomic E-state index is -0.598. The average Bonchev–Trinajstić information content (AvgIpc) is 2.28. The number of hydrogen-bond acceptors (Lipinski definition) is 3. The van der Waals surface area contributed by atoms with Crippen LogP contribution < -0.4 is 10.1 Å². The van der Waals surface area contributed by atoms with E-state index in [4.69, 9.17) is 16.3 Å². The van der Waals surface area contributed by atoms with Gasteiger partial charge in [-0.1, -0.05) is 11.6 Å². The number of Topliss-reactive ketones (excluding diaryl/α,β-unsaturated/α-hetero) is 1. The first-order valence-electron chi connectivity index (χ1n) is 4.99. The van der Waals surface area contributed by atoms with Crippen molar-refractivity contribution in [3.63, 3.8) is 0 Å². The van der Waals surface area contributed by atoms with Gasteiger partial charge in [0.15, 0.2) is 5.78 Å². The number of ketones is 1. The maximum absolute atomic E-state index is 12.1. The van der Waals surface area contributed by atoms with E-state index in [1.54, 1.807) is 25.2 Å². The molecule has 0 amide bonds. The summed E-state index contributed by atoms with van der Waals surface area (Å²) in [7, 11) is 3.28. The van der Waals surface area contributed by atoms with Crippen LogP contribution in [-0.2, 0) is 0 Å². The third-order valence-electron chi connectivity index (χ3n) is 2.61. The lowest BCUT2D eigenvalue weighted by Crippen LogP contribution is -2.44. The average molecular weight is 242 g/mol. The van der Waals surface area contributed by atoms with Crippen LogP contribution in [0.5, 0.6) is 5.75 Å². The summed E-state index contributed by atoms with van der Waals surface area (Å²) in [6, 6.07) is 5.02. The molecule has 4 heteroatoms. The Kier molecular flexibility index (Phi) is 3.94. The summed E-state index contributed by atoms with van der Waals surface area (Å²) in [6.07, 6.45) is 0. The van der Waals surface area contributed by atoms with E-state index in [1.165, 1.54) is 7.11 Å². The third kappa shape index (κ3) is 2.54. The maximum Gasteiger partial charge on any atom is 0.182 e. The number of methoxy groups -OCH3 is 1. The van der Waals surface area contributed by atoms with Gasteiger partial charge in [0.1, 0.15) is 5.75 Å². The first-order chi connectivity index (χ1) is 7.42. The summed E-state index contributed by atoms with van der Waals surface area (Å²) in [5, 5.41) is 3.47. The van der Waals surface area contributed by atoms with Crippen LogP contribution in [0, 0.1) is 0 Å². The quantitative estimate of drug-likeness (QED) is 0.824. The van der Waals surface area contributed by atoms with Crippen LogP contribution in [-0.4, -0.2) is 25.5 Å². The molecule has 16 heavy (non-hydrogen) atoms. The van der Waals surface area contributed by atoms with Gasteiger partial charge >= 0.3 is 0 Å². The SMILES string of the molecule is CNC(C)(C)C(=O)c1ccc(Cl)c(OC)c1. The smallest absolute Gasteiger partial charge is 0.182 e. The monoisotopic (exact) mass is 241 g/mol. The zero-order valence-electron chi connectivity index (χ0n) is 9.93. The van der Waals surface area contributed by atoms with E-state index in [2.05, 4.69) is 5.32 Å². The van der Waals surface area contributed by atoms with E-state index >= 15 is 0 Å². The molecular formula is C12H16ClNO2. The van der Waals surface area contributed by atoms with Gasteiger partial charge in [0, 0.05) is 5.56 Å². The molecule has 0 radical (unpaired) electrons. The molecule has 0 saturated carbocycles. The van der Waals surface area contributed by atoms with Crippen molar-refractivity contribution >= 4 is 17.4 Å². The minimum Gasteiger partial charge on any atom is -0.495 e. The normalized spacial score (nSPS) is 11.3. The molecule has 0 bridgehead atoms. The number of nitrogens with one attached hydrogen (secondary N) is 1. The van der Waals surface area contributed by atoms with Crippen LogP contribution >= 0.6 is 11.6 Å². The van der Waals surface area contributed by atoms with Crippen LogP contribution in [0.15, 0.2) is 18.2 Å². The van der Waals surface area contributed by atoms with Gasteiger partial charge in [-0.3, -0.25) is 4.79 Å². The molecule has 0 atom stereocenters. The van der Waals surface area contributed by atoms with Gasteiger partial charge in [-0.05, 0) is 39.1 Å². The van der Waals surface area contributed by atoms with Gasteiger partial charge in [-0.15, -0.1) is 0 Å². The van der Waals surface area contributed by atoms with Crippen molar-refractivity contribution in [3.8, 4) is 5.75 Å². The van der Waals surface area contributed by atoms with Gasteiger partial charge < -0.3 is 10.1 Å². The fraction of sp³-hybridized carbons (Fsp3) is 0.417. The van der Waals surface area contributed by atoms with Crippen LogP contribution in [0.3, 0.4) is 0 Å². The molecule has 1 rings (SSSR count). The van der Waals surface area contributed by atoms with Crippen molar-refractivity contribution in [2.75, 3.05) is 14.2 Å². The Labute approximate surface area is 101 Å². The lowest BCUT2D eigenvalue weighted by atomic mass is 9.93. The second-order valence-electron chi connectivity index (χ2n) is 4.05. The Balaban J connectivity index is 3.10. The summed E-state index contributed by atoms with van der Waals surface area (Å²) < 4.78 is 5.08. The molecule has 0 heterocycles. The maximum atomic E-state index is 12.1. The number of hydrogen-bond donors (Lipinski definition) is 1. The van der Waals surface area contributed by atoms with Crippen LogP contribution in [0.1, 0.15) is 24.2 Å². The second kappa shape index (κ2) is 4.85. The highest BCUT2D eigenvalue weighted by Crippen LogP contribution is 2.26. The largest absolute Gasteiger partial charge is 0.495 e. The van der Waals surface area contributed by atoms with Crippen molar-refractivity contribution in [3.05, 3.63) is 28.8 Å². The number of halogens is 1. The molecule has 0 aliphatic carbocycles. The fourth-order valence-corrected chi connectivity index (χ4v) is 1.47. The van der Waals surface area contributed by atoms with Gasteiger partial charge in [-0.25, -0.2) is 0 Å². The van der Waals surface area contributed by atoms with Crippen LogP contribution in [0.25, 0.3) is 0 Å². The zero-order valence-corrected chi connectivity index (χ0v) is 10.7. The number of benzene rings is 1. The molecule has 1 N–H and O–H groups in total. The molecule has 0 aliphatic rings. The Bertz CT molecular complexity index is 402. The highest BCUT2D eigenvalue weighted by atomic mass is 35.5. The van der Waals surface area contributed by atoms with Crippen molar-refractivity contribution in [2.24, 2.45) is 0 Å². The second-order valence-corrected chi connectivity index (χ2v) is 4.46. The molecule has 0 saturated heterocycles. The molecule has 0 spiro atoms. The Morgan fingerprint density at radius 2 is 2.06 bits per heavy atom. The van der Waals surface area contributed by atoms with Gasteiger partial charge in [0.2, 0.25) is 0 Å². The Morgan fingerprint density at radius 1 is 1.44 bits per heavy atom. The van der Waals surface area contributed by atoms with E-state index in [-0.39, 0.29) is 5.78 Å². The van der Waals surface area contributed by atoms with Gasteiger partial charge in [-0.2, -0.15) is 0 Å². The van der Waals surface area contributed by atoms with E-state index in [1.807, 2.05) is 13.8 Å². The summed E-state index contributed by atoms with van der Waals surface area (Å²) >= 11 is 5.90. The fourth-order valence-electron chi connectivity index (χ4n) is 1.28. The van der Waals surface area contributed by atoms with Crippen LogP contribution in [0.2, 0.25) is 5.02 Å². The van der Waals surface area contributed by atoms with Gasteiger partial charge in [0.05, 0.1) is 17.7 Å². The van der Waals surface area contributed by atoms with Crippen molar-refractivity contribution in [1.82, 2.24) is 5.32 Å². The highest BCUT2D eigenvalue weighted by molar-refractivity contribution is 6.32. The predicted molar refractivity (Wildman–Crippen MR) is 65.5 cm³/mol. The molecule has 0 unspecified atom stereocenters. The van der Waals surface area contributed by atoms with Crippen molar-refractivity contribution in [1.29, 1.82) is 0 Å². The molecule has 1 aromatic carbocycles. The highest BCUT2D eigenvalue weighted by Gasteiger charge is 2.26. The lowest BCUT2D eigenvalue weighted by Gasteiger charge is -2.22.